The zero-order valence-electron chi connectivity index (χ0n) is 17.9. The van der Waals surface area contributed by atoms with Gasteiger partial charge in [-0.25, -0.2) is 9.78 Å². The van der Waals surface area contributed by atoms with E-state index in [2.05, 4.69) is 10.1 Å². The van der Waals surface area contributed by atoms with Gasteiger partial charge in [0.15, 0.2) is 5.76 Å². The van der Waals surface area contributed by atoms with Gasteiger partial charge in [-0.2, -0.15) is 10.1 Å². The number of fused-ring (bicyclic) bond motifs is 2. The Balaban J connectivity index is 1.60. The monoisotopic (exact) mass is 490 g/mol. The highest BCUT2D eigenvalue weighted by Gasteiger charge is 2.25. The number of hydrogen-bond donors (Lipinski definition) is 0. The standard InChI is InChI=1S/C23H14N4O7S/c1-32-14-6-8-17-19(11-14)35-23(25-17)26(24-12-15-7-9-20(33-15)27(30)31)21(28)16-10-13-4-2-3-5-18(13)34-22(16)29/h2-12H,1H3/b24-12+. The van der Waals surface area contributed by atoms with Crippen molar-refractivity contribution in [1.82, 2.24) is 4.98 Å². The van der Waals surface area contributed by atoms with Crippen molar-refractivity contribution in [2.75, 3.05) is 12.1 Å². The fraction of sp³-hybridized carbons (Fsp3) is 0.0435. The minimum absolute atomic E-state index is 0.0304. The van der Waals surface area contributed by atoms with Crippen molar-refractivity contribution >= 4 is 55.7 Å². The minimum Gasteiger partial charge on any atom is -0.497 e. The van der Waals surface area contributed by atoms with Crippen LogP contribution in [0.15, 0.2) is 79.4 Å². The van der Waals surface area contributed by atoms with E-state index in [1.807, 2.05) is 0 Å². The first-order chi connectivity index (χ1) is 16.9. The van der Waals surface area contributed by atoms with E-state index in [0.29, 0.717) is 26.9 Å². The summed E-state index contributed by atoms with van der Waals surface area (Å²) >= 11 is 1.14. The summed E-state index contributed by atoms with van der Waals surface area (Å²) in [5.74, 6) is -0.644. The molecule has 5 aromatic rings. The molecule has 0 aliphatic rings. The van der Waals surface area contributed by atoms with Crippen molar-refractivity contribution in [2.24, 2.45) is 5.10 Å². The second-order valence-corrected chi connectivity index (χ2v) is 8.12. The first-order valence-corrected chi connectivity index (χ1v) is 10.8. The van der Waals surface area contributed by atoms with E-state index >= 15 is 0 Å². The van der Waals surface area contributed by atoms with E-state index in [1.165, 1.54) is 19.2 Å². The van der Waals surface area contributed by atoms with E-state index in [1.54, 1.807) is 42.5 Å². The molecule has 11 nitrogen and oxygen atoms in total. The molecule has 0 aliphatic carbocycles. The lowest BCUT2D eigenvalue weighted by Crippen LogP contribution is -2.30. The average Bonchev–Trinajstić information content (AvgIpc) is 3.50. The van der Waals surface area contributed by atoms with Crippen LogP contribution in [-0.2, 0) is 0 Å². The Morgan fingerprint density at radius 1 is 1.17 bits per heavy atom. The van der Waals surface area contributed by atoms with Gasteiger partial charge in [0.05, 0.1) is 29.6 Å². The van der Waals surface area contributed by atoms with Gasteiger partial charge in [-0.1, -0.05) is 29.5 Å². The largest absolute Gasteiger partial charge is 0.497 e. The van der Waals surface area contributed by atoms with Crippen LogP contribution in [0.4, 0.5) is 11.0 Å². The number of ether oxygens (including phenoxy) is 1. The number of methoxy groups -OCH3 is 1. The third-order valence-electron chi connectivity index (χ3n) is 4.92. The summed E-state index contributed by atoms with van der Waals surface area (Å²) in [5, 5.41) is 16.7. The number of benzene rings is 2. The molecule has 0 unspecified atom stereocenters. The van der Waals surface area contributed by atoms with Gasteiger partial charge in [0.1, 0.15) is 21.8 Å². The molecule has 12 heteroatoms. The Hall–Kier alpha value is -4.84. The molecule has 1 amide bonds. The molecular formula is C23H14N4O7S. The van der Waals surface area contributed by atoms with Crippen molar-refractivity contribution in [3.8, 4) is 5.75 Å². The number of nitrogens with zero attached hydrogens (tertiary/aromatic N) is 4. The maximum atomic E-state index is 13.5. The van der Waals surface area contributed by atoms with Crippen molar-refractivity contribution in [2.45, 2.75) is 0 Å². The average molecular weight is 490 g/mol. The first kappa shape index (κ1) is 22.0. The topological polar surface area (TPSA) is 141 Å². The van der Waals surface area contributed by atoms with Crippen molar-refractivity contribution in [3.05, 3.63) is 92.5 Å². The Morgan fingerprint density at radius 2 is 2.00 bits per heavy atom. The molecule has 0 saturated carbocycles. The number of amides is 1. The highest BCUT2D eigenvalue weighted by atomic mass is 32.1. The van der Waals surface area contributed by atoms with Crippen molar-refractivity contribution in [1.29, 1.82) is 0 Å². The highest BCUT2D eigenvalue weighted by Crippen LogP contribution is 2.32. The lowest BCUT2D eigenvalue weighted by molar-refractivity contribution is -0.402. The Labute approximate surface area is 199 Å². The number of para-hydroxylation sites is 1. The smallest absolute Gasteiger partial charge is 0.433 e. The molecule has 0 spiro atoms. The van der Waals surface area contributed by atoms with Crippen LogP contribution in [0, 0.1) is 10.1 Å². The number of carbonyl (C=O) groups excluding carboxylic acids is 1. The molecule has 35 heavy (non-hydrogen) atoms. The number of anilines is 1. The SMILES string of the molecule is COc1ccc2nc(N(/N=C/c3ccc([N+](=O)[O-])o3)C(=O)c3cc4ccccc4oc3=O)sc2c1. The Morgan fingerprint density at radius 3 is 2.77 bits per heavy atom. The predicted molar refractivity (Wildman–Crippen MR) is 128 cm³/mol. The van der Waals surface area contributed by atoms with E-state index < -0.39 is 22.3 Å². The molecule has 0 radical (unpaired) electrons. The second-order valence-electron chi connectivity index (χ2n) is 7.11. The van der Waals surface area contributed by atoms with Gasteiger partial charge < -0.3 is 13.6 Å². The summed E-state index contributed by atoms with van der Waals surface area (Å²) in [7, 11) is 1.53. The number of rotatable bonds is 6. The number of hydrogen-bond acceptors (Lipinski definition) is 10. The molecule has 2 aromatic carbocycles. The van der Waals surface area contributed by atoms with Gasteiger partial charge in [-0.05, 0) is 36.4 Å². The molecule has 0 bridgehead atoms. The second kappa shape index (κ2) is 8.83. The van der Waals surface area contributed by atoms with Crippen LogP contribution in [0.25, 0.3) is 21.2 Å². The zero-order chi connectivity index (χ0) is 24.5. The third kappa shape index (κ3) is 4.25. The molecular weight excluding hydrogens is 476 g/mol. The van der Waals surface area contributed by atoms with Crippen LogP contribution in [0.2, 0.25) is 0 Å². The molecule has 5 rings (SSSR count). The number of aromatic nitrogens is 1. The molecule has 3 heterocycles. The van der Waals surface area contributed by atoms with Crippen LogP contribution in [-0.4, -0.2) is 29.1 Å². The summed E-state index contributed by atoms with van der Waals surface area (Å²) in [5.41, 5.74) is -0.189. The number of carbonyl (C=O) groups is 1. The number of thiazole rings is 1. The van der Waals surface area contributed by atoms with Crippen molar-refractivity contribution in [3.63, 3.8) is 0 Å². The molecule has 0 fully saturated rings. The molecule has 0 aliphatic heterocycles. The van der Waals surface area contributed by atoms with Gasteiger partial charge >= 0.3 is 11.5 Å². The predicted octanol–water partition coefficient (Wildman–Crippen LogP) is 4.59. The number of nitro groups is 1. The van der Waals surface area contributed by atoms with Crippen LogP contribution >= 0.6 is 11.3 Å². The maximum Gasteiger partial charge on any atom is 0.433 e. The minimum atomic E-state index is -0.842. The van der Waals surface area contributed by atoms with Crippen LogP contribution in [0.3, 0.4) is 0 Å². The third-order valence-corrected chi connectivity index (χ3v) is 5.92. The molecule has 0 atom stereocenters. The van der Waals surface area contributed by atoms with E-state index in [4.69, 9.17) is 13.6 Å². The number of furan rings is 1. The normalized spacial score (nSPS) is 11.3. The summed E-state index contributed by atoms with van der Waals surface area (Å²) in [6.45, 7) is 0. The summed E-state index contributed by atoms with van der Waals surface area (Å²) < 4.78 is 16.3. The summed E-state index contributed by atoms with van der Waals surface area (Å²) in [6, 6.07) is 15.9. The van der Waals surface area contributed by atoms with Crippen LogP contribution < -0.4 is 15.4 Å². The lowest BCUT2D eigenvalue weighted by atomic mass is 10.2. The number of hydrazone groups is 1. The van der Waals surface area contributed by atoms with Gasteiger partial charge in [0, 0.05) is 5.39 Å². The van der Waals surface area contributed by atoms with Gasteiger partial charge in [0.25, 0.3) is 5.91 Å². The zero-order valence-corrected chi connectivity index (χ0v) is 18.7. The van der Waals surface area contributed by atoms with E-state index in [9.17, 15) is 19.7 Å². The first-order valence-electron chi connectivity index (χ1n) is 10.0. The molecule has 0 saturated heterocycles. The summed E-state index contributed by atoms with van der Waals surface area (Å²) in [6.07, 6.45) is 1.13. The Bertz CT molecular complexity index is 1680. The highest BCUT2D eigenvalue weighted by molar-refractivity contribution is 7.22. The fourth-order valence-corrected chi connectivity index (χ4v) is 4.20. The Kier molecular flexibility index (Phi) is 5.55. The molecule has 174 valence electrons. The fourth-order valence-electron chi connectivity index (χ4n) is 3.25. The summed E-state index contributed by atoms with van der Waals surface area (Å²) in [4.78, 5) is 40.8. The van der Waals surface area contributed by atoms with Gasteiger partial charge in [-0.3, -0.25) is 14.9 Å². The van der Waals surface area contributed by atoms with Crippen LogP contribution in [0.5, 0.6) is 5.75 Å². The molecule has 3 aromatic heterocycles. The molecule has 0 N–H and O–H groups in total. The van der Waals surface area contributed by atoms with E-state index in [0.717, 1.165) is 28.6 Å². The lowest BCUT2D eigenvalue weighted by Gasteiger charge is -2.13. The quantitative estimate of drug-likeness (QED) is 0.146. The maximum absolute atomic E-state index is 13.5. The van der Waals surface area contributed by atoms with E-state index in [-0.39, 0.29) is 16.5 Å². The van der Waals surface area contributed by atoms with Crippen molar-refractivity contribution < 1.29 is 23.3 Å². The van der Waals surface area contributed by atoms with Gasteiger partial charge in [0.2, 0.25) is 5.13 Å². The van der Waals surface area contributed by atoms with Crippen LogP contribution in [0.1, 0.15) is 16.1 Å². The van der Waals surface area contributed by atoms with Gasteiger partial charge in [-0.15, -0.1) is 0 Å².